The summed E-state index contributed by atoms with van der Waals surface area (Å²) >= 11 is 0. The second-order valence-electron chi connectivity index (χ2n) is 6.64. The number of fused-ring (bicyclic) bond motifs is 3. The molecule has 7 nitrogen and oxygen atoms in total. The number of benzene rings is 1. The van der Waals surface area contributed by atoms with Crippen molar-refractivity contribution in [1.82, 2.24) is 14.4 Å². The summed E-state index contributed by atoms with van der Waals surface area (Å²) < 4.78 is 3.90. The maximum Gasteiger partial charge on any atom is 0.406 e. The Morgan fingerprint density at radius 1 is 1.08 bits per heavy atom. The number of aliphatic imine (C=N–C) groups is 1. The third kappa shape index (κ3) is 1.92. The molecule has 0 saturated carbocycles. The molecule has 25 heavy (non-hydrogen) atoms. The normalized spacial score (nSPS) is 19.2. The van der Waals surface area contributed by atoms with Crippen LogP contribution in [0.5, 0.6) is 0 Å². The van der Waals surface area contributed by atoms with Gasteiger partial charge in [0.05, 0.1) is 0 Å². The molecule has 1 fully saturated rings. The first-order chi connectivity index (χ1) is 11.8. The first-order valence-electron chi connectivity index (χ1n) is 8.17. The Bertz CT molecular complexity index is 972. The zero-order valence-corrected chi connectivity index (χ0v) is 14.9. The van der Waals surface area contributed by atoms with Crippen LogP contribution in [0.25, 0.3) is 5.69 Å². The lowest BCUT2D eigenvalue weighted by Gasteiger charge is -2.30. The first kappa shape index (κ1) is 15.6. The van der Waals surface area contributed by atoms with Gasteiger partial charge in [-0.3, -0.25) is 14.6 Å². The van der Waals surface area contributed by atoms with E-state index in [0.29, 0.717) is 11.8 Å². The van der Waals surface area contributed by atoms with Crippen molar-refractivity contribution in [3.63, 3.8) is 0 Å². The van der Waals surface area contributed by atoms with Gasteiger partial charge in [0, 0.05) is 14.1 Å². The predicted molar refractivity (Wildman–Crippen MR) is 92.2 cm³/mol. The van der Waals surface area contributed by atoms with E-state index in [-0.39, 0.29) is 11.9 Å². The van der Waals surface area contributed by atoms with E-state index in [1.807, 2.05) is 34.4 Å². The van der Waals surface area contributed by atoms with E-state index >= 15 is 0 Å². The molecule has 3 heterocycles. The van der Waals surface area contributed by atoms with Crippen molar-refractivity contribution in [2.45, 2.75) is 26.8 Å². The van der Waals surface area contributed by atoms with Gasteiger partial charge in [-0.05, 0) is 38.0 Å². The Kier molecular flexibility index (Phi) is 3.12. The third-order valence-electron chi connectivity index (χ3n) is 5.15. The van der Waals surface area contributed by atoms with Crippen molar-refractivity contribution in [1.29, 1.82) is 0 Å². The topological polar surface area (TPSA) is 61.8 Å². The van der Waals surface area contributed by atoms with E-state index in [1.54, 1.807) is 7.05 Å². The Morgan fingerprint density at radius 3 is 2.52 bits per heavy atom. The van der Waals surface area contributed by atoms with Crippen molar-refractivity contribution < 1.29 is 14.2 Å². The second kappa shape index (κ2) is 5.02. The number of aryl methyl sites for hydroxylation is 2. The molecule has 4 rings (SSSR count). The van der Waals surface area contributed by atoms with Gasteiger partial charge in [0.25, 0.3) is 5.91 Å². The molecule has 0 bridgehead atoms. The van der Waals surface area contributed by atoms with Crippen molar-refractivity contribution >= 4 is 23.7 Å². The SMILES string of the molecule is Cc1cccc(-n2c(C)c[n+]3c2N=C2C3C(=O)N(C)C(=O)N2C)c1C. The lowest BCUT2D eigenvalue weighted by Crippen LogP contribution is -2.61. The monoisotopic (exact) mass is 338 g/mol. The van der Waals surface area contributed by atoms with E-state index in [4.69, 9.17) is 0 Å². The Labute approximate surface area is 145 Å². The summed E-state index contributed by atoms with van der Waals surface area (Å²) in [7, 11) is 3.16. The number of hydrogen-bond acceptors (Lipinski definition) is 3. The predicted octanol–water partition coefficient (Wildman–Crippen LogP) is 1.80. The van der Waals surface area contributed by atoms with E-state index in [1.165, 1.54) is 17.5 Å². The van der Waals surface area contributed by atoms with Crippen LogP contribution in [0.1, 0.15) is 22.9 Å². The molecular formula is C18H20N5O2+. The maximum absolute atomic E-state index is 12.7. The van der Waals surface area contributed by atoms with Gasteiger partial charge >= 0.3 is 12.0 Å². The van der Waals surface area contributed by atoms with Crippen LogP contribution in [0.4, 0.5) is 10.7 Å². The number of carbonyl (C=O) groups excluding carboxylic acids is 2. The molecule has 1 atom stereocenters. The zero-order valence-electron chi connectivity index (χ0n) is 14.9. The molecule has 1 saturated heterocycles. The van der Waals surface area contributed by atoms with Crippen molar-refractivity contribution in [3.8, 4) is 5.69 Å². The van der Waals surface area contributed by atoms with Crippen LogP contribution in [0.3, 0.4) is 0 Å². The molecule has 128 valence electrons. The molecule has 2 aromatic rings. The van der Waals surface area contributed by atoms with Crippen LogP contribution < -0.4 is 4.57 Å². The molecule has 2 aliphatic heterocycles. The minimum Gasteiger partial charge on any atom is -0.270 e. The molecule has 2 aliphatic rings. The number of imidazole rings is 1. The Hall–Kier alpha value is -2.96. The average Bonchev–Trinajstić information content (AvgIpc) is 3.08. The van der Waals surface area contributed by atoms with Gasteiger partial charge in [-0.15, -0.1) is 0 Å². The number of nitrogens with zero attached hydrogens (tertiary/aromatic N) is 5. The van der Waals surface area contributed by atoms with Crippen LogP contribution in [0, 0.1) is 20.8 Å². The van der Waals surface area contributed by atoms with Crippen molar-refractivity contribution in [2.24, 2.45) is 4.99 Å². The maximum atomic E-state index is 12.7. The fourth-order valence-corrected chi connectivity index (χ4v) is 3.54. The average molecular weight is 338 g/mol. The molecule has 1 aromatic carbocycles. The number of amides is 3. The van der Waals surface area contributed by atoms with Gasteiger partial charge in [0.1, 0.15) is 17.6 Å². The first-order valence-corrected chi connectivity index (χ1v) is 8.17. The molecule has 0 aliphatic carbocycles. The molecule has 0 radical (unpaired) electrons. The van der Waals surface area contributed by atoms with E-state index in [9.17, 15) is 9.59 Å². The Morgan fingerprint density at radius 2 is 1.80 bits per heavy atom. The lowest BCUT2D eigenvalue weighted by molar-refractivity contribution is -0.676. The van der Waals surface area contributed by atoms with Gasteiger partial charge < -0.3 is 0 Å². The molecule has 1 unspecified atom stereocenters. The van der Waals surface area contributed by atoms with E-state index in [2.05, 4.69) is 24.9 Å². The third-order valence-corrected chi connectivity index (χ3v) is 5.15. The van der Waals surface area contributed by atoms with Crippen molar-refractivity contribution in [3.05, 3.63) is 41.2 Å². The summed E-state index contributed by atoms with van der Waals surface area (Å²) in [6, 6.07) is 5.18. The minimum absolute atomic E-state index is 0.260. The highest BCUT2D eigenvalue weighted by Crippen LogP contribution is 2.32. The summed E-state index contributed by atoms with van der Waals surface area (Å²) in [6.07, 6.45) is 1.92. The van der Waals surface area contributed by atoms with Gasteiger partial charge in [-0.1, -0.05) is 17.1 Å². The number of hydrogen-bond donors (Lipinski definition) is 0. The highest BCUT2D eigenvalue weighted by molar-refractivity contribution is 6.18. The number of rotatable bonds is 1. The van der Waals surface area contributed by atoms with Crippen LogP contribution >= 0.6 is 0 Å². The summed E-state index contributed by atoms with van der Waals surface area (Å²) in [6.45, 7) is 6.14. The largest absolute Gasteiger partial charge is 0.406 e. The molecule has 3 amide bonds. The zero-order chi connectivity index (χ0) is 18.0. The van der Waals surface area contributed by atoms with Crippen LogP contribution in [-0.4, -0.2) is 46.2 Å². The minimum atomic E-state index is -0.590. The molecule has 7 heteroatoms. The highest BCUT2D eigenvalue weighted by atomic mass is 16.2. The highest BCUT2D eigenvalue weighted by Gasteiger charge is 2.52. The smallest absolute Gasteiger partial charge is 0.270 e. The summed E-state index contributed by atoms with van der Waals surface area (Å²) in [5.41, 5.74) is 4.37. The number of likely N-dealkylation sites (N-methyl/N-ethyl adjacent to an activating group) is 2. The molecular weight excluding hydrogens is 318 g/mol. The summed E-state index contributed by atoms with van der Waals surface area (Å²) in [4.78, 5) is 32.1. The van der Waals surface area contributed by atoms with E-state index < -0.39 is 6.04 Å². The van der Waals surface area contributed by atoms with Gasteiger partial charge in [0.15, 0.2) is 0 Å². The molecule has 1 aromatic heterocycles. The number of amidine groups is 1. The fourth-order valence-electron chi connectivity index (χ4n) is 3.54. The second-order valence-corrected chi connectivity index (χ2v) is 6.64. The lowest BCUT2D eigenvalue weighted by atomic mass is 10.1. The van der Waals surface area contributed by atoms with Gasteiger partial charge in [-0.2, -0.15) is 4.57 Å². The fraction of sp³-hybridized carbons (Fsp3) is 0.333. The number of imide groups is 1. The summed E-state index contributed by atoms with van der Waals surface area (Å²) in [5, 5.41) is 0. The van der Waals surface area contributed by atoms with Crippen LogP contribution in [-0.2, 0) is 4.79 Å². The van der Waals surface area contributed by atoms with E-state index in [0.717, 1.165) is 21.8 Å². The number of carbonyl (C=O) groups is 2. The number of aromatic nitrogens is 2. The van der Waals surface area contributed by atoms with Crippen LogP contribution in [0.15, 0.2) is 29.4 Å². The molecule has 0 N–H and O–H groups in total. The number of urea groups is 1. The molecule has 0 spiro atoms. The van der Waals surface area contributed by atoms with Gasteiger partial charge in [-0.25, -0.2) is 9.36 Å². The Balaban J connectivity index is 1.95. The quantitative estimate of drug-likeness (QED) is 0.745. The van der Waals surface area contributed by atoms with Crippen molar-refractivity contribution in [2.75, 3.05) is 14.1 Å². The van der Waals surface area contributed by atoms with Crippen LogP contribution in [0.2, 0.25) is 0 Å². The standard InChI is InChI=1S/C18H20N5O2/c1-10-7-6-8-13(12(10)3)23-11(2)9-22-14-15(19-17(22)23)20(4)18(25)21(5)16(14)24/h6-9,14H,1-5H3/q+1. The van der Waals surface area contributed by atoms with Gasteiger partial charge in [0.2, 0.25) is 11.9 Å². The summed E-state index contributed by atoms with van der Waals surface area (Å²) in [5.74, 6) is 0.875.